The van der Waals surface area contributed by atoms with E-state index in [-0.39, 0.29) is 16.5 Å². The second-order valence-corrected chi connectivity index (χ2v) is 4.86. The standard InChI is InChI=1S/C13H16ClNO3/c1-8(2)7-11(13(17)18)15-12(16)9-5-3-4-6-10(9)14/h3-6,8,11H,7H2,1-2H3,(H,15,16)(H,17,18)/p-1/t11-/m0/s1. The van der Waals surface area contributed by atoms with Crippen LogP contribution in [0.5, 0.6) is 0 Å². The summed E-state index contributed by atoms with van der Waals surface area (Å²) >= 11 is 5.86. The van der Waals surface area contributed by atoms with E-state index in [2.05, 4.69) is 5.32 Å². The first-order valence-corrected chi connectivity index (χ1v) is 6.06. The minimum atomic E-state index is -1.29. The van der Waals surface area contributed by atoms with Gasteiger partial charge in [0.05, 0.1) is 22.6 Å². The molecule has 0 radical (unpaired) electrons. The van der Waals surface area contributed by atoms with Crippen molar-refractivity contribution in [3.05, 3.63) is 34.9 Å². The number of aliphatic carboxylic acids is 1. The maximum atomic E-state index is 11.9. The third-order valence-corrected chi connectivity index (χ3v) is 2.75. The van der Waals surface area contributed by atoms with Gasteiger partial charge >= 0.3 is 0 Å². The molecule has 0 spiro atoms. The van der Waals surface area contributed by atoms with E-state index in [1.165, 1.54) is 0 Å². The van der Waals surface area contributed by atoms with E-state index in [0.29, 0.717) is 6.42 Å². The topological polar surface area (TPSA) is 69.2 Å². The zero-order valence-corrected chi connectivity index (χ0v) is 11.0. The van der Waals surface area contributed by atoms with Crippen LogP contribution in [0, 0.1) is 5.92 Å². The van der Waals surface area contributed by atoms with Crippen molar-refractivity contribution in [1.29, 1.82) is 0 Å². The number of hydrogen-bond donors (Lipinski definition) is 1. The number of amides is 1. The molecule has 5 heteroatoms. The van der Waals surface area contributed by atoms with Crippen LogP contribution >= 0.6 is 11.6 Å². The number of benzene rings is 1. The van der Waals surface area contributed by atoms with Gasteiger partial charge in [0, 0.05) is 0 Å². The average Bonchev–Trinajstić information content (AvgIpc) is 2.27. The lowest BCUT2D eigenvalue weighted by Crippen LogP contribution is -2.48. The summed E-state index contributed by atoms with van der Waals surface area (Å²) in [4.78, 5) is 22.8. The Morgan fingerprint density at radius 1 is 1.33 bits per heavy atom. The van der Waals surface area contributed by atoms with Crippen LogP contribution in [-0.4, -0.2) is 17.9 Å². The van der Waals surface area contributed by atoms with Gasteiger partial charge in [-0.15, -0.1) is 0 Å². The van der Waals surface area contributed by atoms with Crippen molar-refractivity contribution in [1.82, 2.24) is 5.32 Å². The molecule has 0 unspecified atom stereocenters. The highest BCUT2D eigenvalue weighted by molar-refractivity contribution is 6.33. The minimum Gasteiger partial charge on any atom is -0.548 e. The van der Waals surface area contributed by atoms with Crippen molar-refractivity contribution in [2.24, 2.45) is 5.92 Å². The Kier molecular flexibility index (Phi) is 5.16. The van der Waals surface area contributed by atoms with E-state index in [9.17, 15) is 14.7 Å². The summed E-state index contributed by atoms with van der Waals surface area (Å²) in [6.45, 7) is 3.75. The number of carbonyl (C=O) groups excluding carboxylic acids is 2. The molecule has 0 saturated heterocycles. The molecule has 98 valence electrons. The number of carboxylic acids is 1. The summed E-state index contributed by atoms with van der Waals surface area (Å²) in [5.41, 5.74) is 0.258. The number of hydrogen-bond acceptors (Lipinski definition) is 3. The zero-order chi connectivity index (χ0) is 13.7. The molecule has 0 saturated carbocycles. The fourth-order valence-electron chi connectivity index (χ4n) is 1.57. The molecule has 1 N–H and O–H groups in total. The predicted molar refractivity (Wildman–Crippen MR) is 67.2 cm³/mol. The summed E-state index contributed by atoms with van der Waals surface area (Å²) in [5, 5.41) is 13.6. The molecule has 1 rings (SSSR count). The minimum absolute atomic E-state index is 0.138. The number of carbonyl (C=O) groups is 2. The highest BCUT2D eigenvalue weighted by Crippen LogP contribution is 2.15. The third kappa shape index (κ3) is 4.04. The summed E-state index contributed by atoms with van der Waals surface area (Å²) < 4.78 is 0. The smallest absolute Gasteiger partial charge is 0.253 e. The second kappa shape index (κ2) is 6.40. The van der Waals surface area contributed by atoms with Gasteiger partial charge in [-0.05, 0) is 24.5 Å². The monoisotopic (exact) mass is 268 g/mol. The molecule has 1 aromatic carbocycles. The number of nitrogens with one attached hydrogen (secondary N) is 1. The molecule has 0 heterocycles. The molecular formula is C13H15ClNO3-. The fourth-order valence-corrected chi connectivity index (χ4v) is 1.79. The largest absolute Gasteiger partial charge is 0.548 e. The van der Waals surface area contributed by atoms with E-state index in [1.807, 2.05) is 13.8 Å². The highest BCUT2D eigenvalue weighted by atomic mass is 35.5. The van der Waals surface area contributed by atoms with Gasteiger partial charge in [0.15, 0.2) is 0 Å². The summed E-state index contributed by atoms with van der Waals surface area (Å²) in [5.74, 6) is -1.65. The third-order valence-electron chi connectivity index (χ3n) is 2.42. The Balaban J connectivity index is 2.79. The van der Waals surface area contributed by atoms with Gasteiger partial charge in [0.25, 0.3) is 5.91 Å². The molecule has 0 aliphatic rings. The molecule has 0 bridgehead atoms. The van der Waals surface area contributed by atoms with E-state index < -0.39 is 17.9 Å². The summed E-state index contributed by atoms with van der Waals surface area (Å²) in [6, 6.07) is 5.47. The Morgan fingerprint density at radius 2 is 1.94 bits per heavy atom. The van der Waals surface area contributed by atoms with Crippen molar-refractivity contribution in [3.8, 4) is 0 Å². The predicted octanol–water partition coefficient (Wildman–Crippen LogP) is 1.23. The summed E-state index contributed by atoms with van der Waals surface area (Å²) in [7, 11) is 0. The molecule has 0 aliphatic carbocycles. The highest BCUT2D eigenvalue weighted by Gasteiger charge is 2.17. The molecule has 4 nitrogen and oxygen atoms in total. The number of rotatable bonds is 5. The van der Waals surface area contributed by atoms with Crippen molar-refractivity contribution >= 4 is 23.5 Å². The molecular weight excluding hydrogens is 254 g/mol. The molecule has 0 aliphatic heterocycles. The van der Waals surface area contributed by atoms with Crippen LogP contribution in [0.4, 0.5) is 0 Å². The molecule has 1 aromatic rings. The van der Waals surface area contributed by atoms with Crippen molar-refractivity contribution in [2.45, 2.75) is 26.3 Å². The Hall–Kier alpha value is -1.55. The van der Waals surface area contributed by atoms with Gasteiger partial charge in [-0.1, -0.05) is 37.6 Å². The quantitative estimate of drug-likeness (QED) is 0.873. The maximum absolute atomic E-state index is 11.9. The van der Waals surface area contributed by atoms with Crippen LogP contribution in [0.15, 0.2) is 24.3 Å². The molecule has 1 atom stereocenters. The second-order valence-electron chi connectivity index (χ2n) is 4.45. The Labute approximate surface area is 111 Å². The van der Waals surface area contributed by atoms with E-state index in [1.54, 1.807) is 24.3 Å². The zero-order valence-electron chi connectivity index (χ0n) is 10.3. The number of halogens is 1. The van der Waals surface area contributed by atoms with Crippen molar-refractivity contribution in [2.75, 3.05) is 0 Å². The van der Waals surface area contributed by atoms with Gasteiger partial charge in [0.2, 0.25) is 0 Å². The van der Waals surface area contributed by atoms with E-state index in [4.69, 9.17) is 11.6 Å². The molecule has 0 fully saturated rings. The van der Waals surface area contributed by atoms with Crippen molar-refractivity contribution < 1.29 is 14.7 Å². The SMILES string of the molecule is CC(C)C[C@H](NC(=O)c1ccccc1Cl)C(=O)[O-]. The van der Waals surface area contributed by atoms with E-state index in [0.717, 1.165) is 0 Å². The molecule has 1 amide bonds. The lowest BCUT2D eigenvalue weighted by atomic mass is 10.0. The Bertz CT molecular complexity index is 446. The van der Waals surface area contributed by atoms with Crippen LogP contribution in [0.25, 0.3) is 0 Å². The van der Waals surface area contributed by atoms with Gasteiger partial charge in [-0.25, -0.2) is 0 Å². The van der Waals surface area contributed by atoms with Crippen LogP contribution < -0.4 is 10.4 Å². The van der Waals surface area contributed by atoms with Crippen LogP contribution in [-0.2, 0) is 4.79 Å². The number of carboxylic acid groups (broad SMARTS) is 1. The van der Waals surface area contributed by atoms with Gasteiger partial charge in [0.1, 0.15) is 0 Å². The fraction of sp³-hybridized carbons (Fsp3) is 0.385. The average molecular weight is 269 g/mol. The maximum Gasteiger partial charge on any atom is 0.253 e. The van der Waals surface area contributed by atoms with Crippen molar-refractivity contribution in [3.63, 3.8) is 0 Å². The van der Waals surface area contributed by atoms with Gasteiger partial charge < -0.3 is 15.2 Å². The molecule has 18 heavy (non-hydrogen) atoms. The lowest BCUT2D eigenvalue weighted by molar-refractivity contribution is -0.308. The normalized spacial score (nSPS) is 12.2. The van der Waals surface area contributed by atoms with Crippen LogP contribution in [0.3, 0.4) is 0 Å². The van der Waals surface area contributed by atoms with Gasteiger partial charge in [-0.2, -0.15) is 0 Å². The first kappa shape index (κ1) is 14.5. The van der Waals surface area contributed by atoms with Crippen LogP contribution in [0.2, 0.25) is 5.02 Å². The lowest BCUT2D eigenvalue weighted by Gasteiger charge is -2.21. The first-order valence-electron chi connectivity index (χ1n) is 5.68. The van der Waals surface area contributed by atoms with Crippen LogP contribution in [0.1, 0.15) is 30.6 Å². The Morgan fingerprint density at radius 3 is 2.44 bits per heavy atom. The summed E-state index contributed by atoms with van der Waals surface area (Å²) in [6.07, 6.45) is 0.318. The van der Waals surface area contributed by atoms with E-state index >= 15 is 0 Å². The first-order chi connectivity index (χ1) is 8.41. The molecule has 0 aromatic heterocycles. The van der Waals surface area contributed by atoms with Gasteiger partial charge in [-0.3, -0.25) is 4.79 Å².